The van der Waals surface area contributed by atoms with Crippen LogP contribution >= 0.6 is 15.9 Å². The lowest BCUT2D eigenvalue weighted by Gasteiger charge is -2.24. The average Bonchev–Trinajstić information content (AvgIpc) is 2.42. The third-order valence-electron chi connectivity index (χ3n) is 3.54. The van der Waals surface area contributed by atoms with Crippen LogP contribution in [0.2, 0.25) is 0 Å². The predicted octanol–water partition coefficient (Wildman–Crippen LogP) is 3.15. The van der Waals surface area contributed by atoms with Crippen molar-refractivity contribution in [2.45, 2.75) is 19.3 Å². The molecule has 1 aromatic rings. The standard InChI is InChI=1S/C14H19BrFNO2/c1-18-13-10(6-9-4-3-5-17-8-9)11(15)7-12(16)14(13)19-2/h7,9,17H,3-6,8H2,1-2H3. The molecule has 1 heterocycles. The molecule has 1 unspecified atom stereocenters. The maximum atomic E-state index is 13.8. The van der Waals surface area contributed by atoms with Crippen LogP contribution in [0.5, 0.6) is 11.5 Å². The van der Waals surface area contributed by atoms with Gasteiger partial charge in [0.2, 0.25) is 0 Å². The molecule has 3 nitrogen and oxygen atoms in total. The highest BCUT2D eigenvalue weighted by Gasteiger charge is 2.22. The van der Waals surface area contributed by atoms with Crippen LogP contribution in [0.3, 0.4) is 0 Å². The Morgan fingerprint density at radius 2 is 2.11 bits per heavy atom. The first-order valence-corrected chi connectivity index (χ1v) is 7.26. The normalized spacial score (nSPS) is 19.3. The van der Waals surface area contributed by atoms with E-state index in [1.165, 1.54) is 26.0 Å². The minimum Gasteiger partial charge on any atom is -0.492 e. The molecule has 2 rings (SSSR count). The molecule has 5 heteroatoms. The Kier molecular flexibility index (Phi) is 5.05. The molecular formula is C14H19BrFNO2. The van der Waals surface area contributed by atoms with E-state index >= 15 is 0 Å². The Morgan fingerprint density at radius 3 is 2.68 bits per heavy atom. The second-order valence-electron chi connectivity index (χ2n) is 4.80. The maximum absolute atomic E-state index is 13.8. The molecule has 1 atom stereocenters. The van der Waals surface area contributed by atoms with Gasteiger partial charge in [0, 0.05) is 10.0 Å². The van der Waals surface area contributed by atoms with Gasteiger partial charge in [0.15, 0.2) is 17.3 Å². The number of hydrogen-bond donors (Lipinski definition) is 1. The Balaban J connectivity index is 2.32. The SMILES string of the molecule is COc1c(F)cc(Br)c(CC2CCCNC2)c1OC. The fraction of sp³-hybridized carbons (Fsp3) is 0.571. The van der Waals surface area contributed by atoms with Crippen molar-refractivity contribution < 1.29 is 13.9 Å². The van der Waals surface area contributed by atoms with Crippen LogP contribution in [0, 0.1) is 11.7 Å². The Hall–Kier alpha value is -0.810. The summed E-state index contributed by atoms with van der Waals surface area (Å²) in [4.78, 5) is 0. The van der Waals surface area contributed by atoms with Gasteiger partial charge in [-0.1, -0.05) is 15.9 Å². The van der Waals surface area contributed by atoms with Gasteiger partial charge in [-0.2, -0.15) is 0 Å². The number of hydrogen-bond acceptors (Lipinski definition) is 3. The number of ether oxygens (including phenoxy) is 2. The number of methoxy groups -OCH3 is 2. The molecule has 1 aliphatic rings. The first-order chi connectivity index (χ1) is 9.17. The lowest BCUT2D eigenvalue weighted by molar-refractivity contribution is 0.326. The van der Waals surface area contributed by atoms with Gasteiger partial charge in [-0.15, -0.1) is 0 Å². The fourth-order valence-corrected chi connectivity index (χ4v) is 3.14. The van der Waals surface area contributed by atoms with Gasteiger partial charge in [0.25, 0.3) is 0 Å². The van der Waals surface area contributed by atoms with E-state index in [1.807, 2.05) is 0 Å². The number of rotatable bonds is 4. The van der Waals surface area contributed by atoms with Gasteiger partial charge in [-0.3, -0.25) is 0 Å². The van der Waals surface area contributed by atoms with E-state index in [2.05, 4.69) is 21.2 Å². The monoisotopic (exact) mass is 331 g/mol. The van der Waals surface area contributed by atoms with E-state index in [0.29, 0.717) is 11.7 Å². The van der Waals surface area contributed by atoms with E-state index in [9.17, 15) is 4.39 Å². The first kappa shape index (κ1) is 14.6. The third kappa shape index (κ3) is 3.20. The maximum Gasteiger partial charge on any atom is 0.197 e. The first-order valence-electron chi connectivity index (χ1n) is 6.47. The Morgan fingerprint density at radius 1 is 1.37 bits per heavy atom. The molecule has 0 spiro atoms. The van der Waals surface area contributed by atoms with Crippen molar-refractivity contribution in [3.8, 4) is 11.5 Å². The van der Waals surface area contributed by atoms with Crippen molar-refractivity contribution in [1.82, 2.24) is 5.32 Å². The van der Waals surface area contributed by atoms with Crippen molar-refractivity contribution in [3.05, 3.63) is 21.9 Å². The number of piperidine rings is 1. The smallest absolute Gasteiger partial charge is 0.197 e. The van der Waals surface area contributed by atoms with Crippen molar-refractivity contribution in [2.24, 2.45) is 5.92 Å². The molecule has 0 aromatic heterocycles. The summed E-state index contributed by atoms with van der Waals surface area (Å²) in [6.45, 7) is 2.08. The zero-order valence-corrected chi connectivity index (χ0v) is 12.8. The summed E-state index contributed by atoms with van der Waals surface area (Å²) < 4.78 is 25.0. The summed E-state index contributed by atoms with van der Waals surface area (Å²) in [5.41, 5.74) is 0.981. The molecule has 1 aliphatic heterocycles. The number of halogens is 2. The topological polar surface area (TPSA) is 30.5 Å². The van der Waals surface area contributed by atoms with E-state index in [1.54, 1.807) is 7.11 Å². The second-order valence-corrected chi connectivity index (χ2v) is 5.66. The largest absolute Gasteiger partial charge is 0.492 e. The molecule has 0 saturated carbocycles. The zero-order valence-electron chi connectivity index (χ0n) is 11.3. The van der Waals surface area contributed by atoms with Crippen molar-refractivity contribution in [3.63, 3.8) is 0 Å². The molecule has 1 saturated heterocycles. The molecule has 19 heavy (non-hydrogen) atoms. The molecular weight excluding hydrogens is 313 g/mol. The van der Waals surface area contributed by atoms with Crippen LogP contribution in [-0.4, -0.2) is 27.3 Å². The number of benzene rings is 1. The fourth-order valence-electron chi connectivity index (χ4n) is 2.60. The van der Waals surface area contributed by atoms with Gasteiger partial charge >= 0.3 is 0 Å². The van der Waals surface area contributed by atoms with Gasteiger partial charge in [-0.25, -0.2) is 4.39 Å². The van der Waals surface area contributed by atoms with E-state index < -0.39 is 5.82 Å². The lowest BCUT2D eigenvalue weighted by Crippen LogP contribution is -2.31. The molecule has 0 radical (unpaired) electrons. The molecule has 1 N–H and O–H groups in total. The van der Waals surface area contributed by atoms with Gasteiger partial charge < -0.3 is 14.8 Å². The van der Waals surface area contributed by atoms with Crippen LogP contribution in [-0.2, 0) is 6.42 Å². The minimum atomic E-state index is -0.406. The van der Waals surface area contributed by atoms with Crippen LogP contribution < -0.4 is 14.8 Å². The third-order valence-corrected chi connectivity index (χ3v) is 4.25. The minimum absolute atomic E-state index is 0.185. The van der Waals surface area contributed by atoms with Crippen molar-refractivity contribution in [1.29, 1.82) is 0 Å². The highest BCUT2D eigenvalue weighted by Crippen LogP contribution is 2.40. The molecule has 0 bridgehead atoms. The van der Waals surface area contributed by atoms with Gasteiger partial charge in [0.1, 0.15) is 0 Å². The molecule has 0 amide bonds. The summed E-state index contributed by atoms with van der Waals surface area (Å²) in [5, 5.41) is 3.39. The molecule has 0 aliphatic carbocycles. The second kappa shape index (κ2) is 6.57. The molecule has 106 valence electrons. The van der Waals surface area contributed by atoms with Gasteiger partial charge in [0.05, 0.1) is 14.2 Å². The Labute approximate surface area is 121 Å². The van der Waals surface area contributed by atoms with Crippen LogP contribution in [0.25, 0.3) is 0 Å². The Bertz CT molecular complexity index is 448. The molecule has 1 fully saturated rings. The lowest BCUT2D eigenvalue weighted by atomic mass is 9.92. The quantitative estimate of drug-likeness (QED) is 0.919. The number of nitrogens with one attached hydrogen (secondary N) is 1. The van der Waals surface area contributed by atoms with Crippen molar-refractivity contribution in [2.75, 3.05) is 27.3 Å². The van der Waals surface area contributed by atoms with E-state index in [4.69, 9.17) is 9.47 Å². The summed E-state index contributed by atoms with van der Waals surface area (Å²) in [5.74, 6) is 0.829. The highest BCUT2D eigenvalue weighted by atomic mass is 79.9. The van der Waals surface area contributed by atoms with E-state index in [-0.39, 0.29) is 5.75 Å². The summed E-state index contributed by atoms with van der Waals surface area (Å²) in [6, 6.07) is 1.45. The summed E-state index contributed by atoms with van der Waals surface area (Å²) >= 11 is 3.43. The van der Waals surface area contributed by atoms with Crippen LogP contribution in [0.15, 0.2) is 10.5 Å². The zero-order chi connectivity index (χ0) is 13.8. The average molecular weight is 332 g/mol. The summed E-state index contributed by atoms with van der Waals surface area (Å²) in [6.07, 6.45) is 3.22. The van der Waals surface area contributed by atoms with Crippen LogP contribution in [0.4, 0.5) is 4.39 Å². The van der Waals surface area contributed by atoms with E-state index in [0.717, 1.165) is 29.5 Å². The van der Waals surface area contributed by atoms with Gasteiger partial charge in [-0.05, 0) is 44.3 Å². The van der Waals surface area contributed by atoms with Crippen LogP contribution in [0.1, 0.15) is 18.4 Å². The molecule has 1 aromatic carbocycles. The highest BCUT2D eigenvalue weighted by molar-refractivity contribution is 9.10. The summed E-state index contributed by atoms with van der Waals surface area (Å²) in [7, 11) is 3.01. The predicted molar refractivity (Wildman–Crippen MR) is 76.5 cm³/mol. The van der Waals surface area contributed by atoms with Crippen molar-refractivity contribution >= 4 is 15.9 Å².